The minimum Gasteiger partial charge on any atom is -0.327 e. The Labute approximate surface area is 205 Å². The predicted molar refractivity (Wildman–Crippen MR) is 135 cm³/mol. The Kier molecular flexibility index (Phi) is 7.45. The highest BCUT2D eigenvalue weighted by Gasteiger charge is 2.34. The van der Waals surface area contributed by atoms with Crippen molar-refractivity contribution in [3.8, 4) is 0 Å². The van der Waals surface area contributed by atoms with Crippen molar-refractivity contribution in [2.24, 2.45) is 5.92 Å². The zero-order valence-corrected chi connectivity index (χ0v) is 20.4. The topological polar surface area (TPSA) is 99.0 Å². The molecule has 2 aromatic heterocycles. The van der Waals surface area contributed by atoms with Crippen LogP contribution >= 0.6 is 0 Å². The van der Waals surface area contributed by atoms with Gasteiger partial charge in [-0.05, 0) is 56.6 Å². The molecule has 3 heterocycles. The van der Waals surface area contributed by atoms with E-state index in [2.05, 4.69) is 22.5 Å². The summed E-state index contributed by atoms with van der Waals surface area (Å²) < 4.78 is 1.83. The first-order valence-corrected chi connectivity index (χ1v) is 11.9. The van der Waals surface area contributed by atoms with Gasteiger partial charge in [0.25, 0.3) is 0 Å². The maximum atomic E-state index is 13.2. The monoisotopic (exact) mass is 476 g/mol. The van der Waals surface area contributed by atoms with E-state index in [1.54, 1.807) is 29.4 Å². The number of amides is 3. The molecule has 35 heavy (non-hydrogen) atoms. The van der Waals surface area contributed by atoms with Gasteiger partial charge >= 0.3 is 11.8 Å². The quantitative estimate of drug-likeness (QED) is 0.533. The molecule has 1 aromatic carbocycles. The number of imidazole rings is 1. The molecule has 1 saturated heterocycles. The third-order valence-electron chi connectivity index (χ3n) is 6.29. The molecule has 0 radical (unpaired) electrons. The zero-order chi connectivity index (χ0) is 24.9. The summed E-state index contributed by atoms with van der Waals surface area (Å²) in [7, 11) is 3.86. The summed E-state index contributed by atoms with van der Waals surface area (Å²) in [4.78, 5) is 46.1. The number of piperidine rings is 1. The molecular weight excluding hydrogens is 444 g/mol. The van der Waals surface area contributed by atoms with Crippen molar-refractivity contribution in [3.05, 3.63) is 60.6 Å². The minimum atomic E-state index is -0.662. The van der Waals surface area contributed by atoms with Gasteiger partial charge in [0.05, 0.1) is 6.04 Å². The summed E-state index contributed by atoms with van der Waals surface area (Å²) >= 11 is 0. The van der Waals surface area contributed by atoms with Crippen molar-refractivity contribution in [1.82, 2.24) is 19.2 Å². The summed E-state index contributed by atoms with van der Waals surface area (Å²) in [5, 5.41) is 5.63. The van der Waals surface area contributed by atoms with Gasteiger partial charge in [0.2, 0.25) is 5.91 Å². The summed E-state index contributed by atoms with van der Waals surface area (Å²) in [6.45, 7) is 3.28. The van der Waals surface area contributed by atoms with Crippen molar-refractivity contribution < 1.29 is 14.4 Å². The van der Waals surface area contributed by atoms with Crippen LogP contribution in [0.1, 0.15) is 37.8 Å². The van der Waals surface area contributed by atoms with Crippen LogP contribution in [0.3, 0.4) is 0 Å². The molecule has 2 N–H and O–H groups in total. The first-order valence-electron chi connectivity index (χ1n) is 11.9. The predicted octanol–water partition coefficient (Wildman–Crippen LogP) is 3.16. The third kappa shape index (κ3) is 6.05. The maximum absolute atomic E-state index is 13.2. The van der Waals surface area contributed by atoms with Crippen molar-refractivity contribution in [2.45, 2.75) is 32.2 Å². The van der Waals surface area contributed by atoms with Gasteiger partial charge in [-0.2, -0.15) is 0 Å². The molecule has 0 bridgehead atoms. The van der Waals surface area contributed by atoms with E-state index >= 15 is 0 Å². The van der Waals surface area contributed by atoms with Gasteiger partial charge in [0.15, 0.2) is 0 Å². The van der Waals surface area contributed by atoms with Crippen LogP contribution in [0.25, 0.3) is 5.65 Å². The van der Waals surface area contributed by atoms with E-state index in [1.807, 2.05) is 53.9 Å². The average Bonchev–Trinajstić information content (AvgIpc) is 3.31. The van der Waals surface area contributed by atoms with Crippen molar-refractivity contribution in [1.29, 1.82) is 0 Å². The lowest BCUT2D eigenvalue weighted by atomic mass is 9.89. The Morgan fingerprint density at radius 1 is 1.03 bits per heavy atom. The Hall–Kier alpha value is -3.72. The van der Waals surface area contributed by atoms with Gasteiger partial charge < -0.3 is 24.8 Å². The molecular formula is C26H32N6O3. The molecule has 0 saturated carbocycles. The van der Waals surface area contributed by atoms with Gasteiger partial charge in [-0.3, -0.25) is 14.4 Å². The number of hydrogen-bond donors (Lipinski definition) is 2. The molecule has 4 rings (SSSR count). The third-order valence-corrected chi connectivity index (χ3v) is 6.29. The molecule has 2 atom stereocenters. The van der Waals surface area contributed by atoms with Crippen molar-refractivity contribution >= 4 is 34.7 Å². The largest absolute Gasteiger partial charge is 0.327 e. The number of fused-ring (bicyclic) bond motifs is 1. The number of nitrogens with one attached hydrogen (secondary N) is 2. The van der Waals surface area contributed by atoms with E-state index in [0.717, 1.165) is 18.4 Å². The van der Waals surface area contributed by atoms with Crippen LogP contribution in [0.2, 0.25) is 0 Å². The molecule has 1 fully saturated rings. The number of carbonyl (C=O) groups excluding carboxylic acids is 3. The fourth-order valence-corrected chi connectivity index (χ4v) is 4.36. The van der Waals surface area contributed by atoms with E-state index in [1.165, 1.54) is 0 Å². The summed E-state index contributed by atoms with van der Waals surface area (Å²) in [5.41, 5.74) is 2.88. The number of anilines is 2. The van der Waals surface area contributed by atoms with Crippen LogP contribution in [0.4, 0.5) is 11.4 Å². The maximum Gasteiger partial charge on any atom is 0.313 e. The molecule has 0 unspecified atom stereocenters. The highest BCUT2D eigenvalue weighted by atomic mass is 16.2. The van der Waals surface area contributed by atoms with E-state index in [9.17, 15) is 14.4 Å². The van der Waals surface area contributed by atoms with Gasteiger partial charge in [-0.15, -0.1) is 0 Å². The fourth-order valence-electron chi connectivity index (χ4n) is 4.36. The lowest BCUT2D eigenvalue weighted by Gasteiger charge is -2.38. The highest BCUT2D eigenvalue weighted by Crippen LogP contribution is 2.34. The van der Waals surface area contributed by atoms with Crippen LogP contribution < -0.4 is 10.6 Å². The molecule has 0 spiro atoms. The number of aromatic nitrogens is 2. The molecule has 184 valence electrons. The van der Waals surface area contributed by atoms with Crippen LogP contribution in [0, 0.1) is 5.92 Å². The molecule has 1 aliphatic rings. The molecule has 3 aromatic rings. The lowest BCUT2D eigenvalue weighted by molar-refractivity contribution is -0.146. The van der Waals surface area contributed by atoms with Crippen LogP contribution in [0.5, 0.6) is 0 Å². The minimum absolute atomic E-state index is 0.0417. The normalized spacial score (nSPS) is 18.0. The Bertz CT molecular complexity index is 1200. The van der Waals surface area contributed by atoms with Gasteiger partial charge in [0.1, 0.15) is 5.65 Å². The molecule has 9 heteroatoms. The highest BCUT2D eigenvalue weighted by molar-refractivity contribution is 6.39. The lowest BCUT2D eigenvalue weighted by Crippen LogP contribution is -2.46. The van der Waals surface area contributed by atoms with Crippen LogP contribution in [0.15, 0.2) is 55.0 Å². The number of pyridine rings is 1. The van der Waals surface area contributed by atoms with Crippen molar-refractivity contribution in [2.75, 3.05) is 37.8 Å². The standard InChI is InChI=1S/C26H32N6O3/c1-18-4-9-22(19-5-7-20(8-6-19)28-24(33)11-13-30(2)3)32(17-18)26(35)25(34)29-21-10-14-31-15-12-27-23(31)16-21/h5-8,10,12,14-16,18,22H,4,9,11,13,17H2,1-3H3,(H,28,33)(H,29,34)/t18-,22+/m0/s1. The Balaban J connectivity index is 1.44. The molecule has 1 aliphatic heterocycles. The second-order valence-electron chi connectivity index (χ2n) is 9.44. The number of benzene rings is 1. The van der Waals surface area contributed by atoms with E-state index in [-0.39, 0.29) is 11.9 Å². The smallest absolute Gasteiger partial charge is 0.313 e. The van der Waals surface area contributed by atoms with Gasteiger partial charge in [-0.25, -0.2) is 4.98 Å². The number of carbonyl (C=O) groups is 3. The summed E-state index contributed by atoms with van der Waals surface area (Å²) in [5.74, 6) is -0.949. The molecule has 3 amide bonds. The van der Waals surface area contributed by atoms with Gasteiger partial charge in [0, 0.05) is 55.5 Å². The first-order chi connectivity index (χ1) is 16.8. The van der Waals surface area contributed by atoms with E-state index in [0.29, 0.717) is 42.5 Å². The second kappa shape index (κ2) is 10.7. The first kappa shape index (κ1) is 24.4. The zero-order valence-electron chi connectivity index (χ0n) is 20.4. The molecule has 0 aliphatic carbocycles. The number of rotatable bonds is 6. The second-order valence-corrected chi connectivity index (χ2v) is 9.44. The Morgan fingerprint density at radius 2 is 1.80 bits per heavy atom. The number of nitrogens with zero attached hydrogens (tertiary/aromatic N) is 4. The summed E-state index contributed by atoms with van der Waals surface area (Å²) in [6.07, 6.45) is 7.43. The van der Waals surface area contributed by atoms with E-state index in [4.69, 9.17) is 0 Å². The van der Waals surface area contributed by atoms with Gasteiger partial charge in [-0.1, -0.05) is 19.1 Å². The van der Waals surface area contributed by atoms with Crippen LogP contribution in [-0.4, -0.2) is 64.1 Å². The average molecular weight is 477 g/mol. The number of likely N-dealkylation sites (tertiary alicyclic amines) is 1. The summed E-state index contributed by atoms with van der Waals surface area (Å²) in [6, 6.07) is 10.8. The van der Waals surface area contributed by atoms with Crippen molar-refractivity contribution in [3.63, 3.8) is 0 Å². The number of hydrogen-bond acceptors (Lipinski definition) is 5. The SMILES string of the molecule is C[C@H]1CC[C@H](c2ccc(NC(=O)CCN(C)C)cc2)N(C(=O)C(=O)Nc2ccn3ccnc3c2)C1. The van der Waals surface area contributed by atoms with E-state index < -0.39 is 11.8 Å². The Morgan fingerprint density at radius 3 is 2.54 bits per heavy atom. The molecule has 9 nitrogen and oxygen atoms in total. The fraction of sp³-hybridized carbons (Fsp3) is 0.385. The van der Waals surface area contributed by atoms with Crippen LogP contribution in [-0.2, 0) is 14.4 Å².